The van der Waals surface area contributed by atoms with E-state index < -0.39 is 0 Å². The Labute approximate surface area is 134 Å². The lowest BCUT2D eigenvalue weighted by molar-refractivity contribution is 0.0604. The predicted molar refractivity (Wildman–Crippen MR) is 88.0 cm³/mol. The number of halogens is 1. The zero-order chi connectivity index (χ0) is 15.1. The molecular weight excluding hydrogens is 330 g/mol. The molecule has 0 fully saturated rings. The van der Waals surface area contributed by atoms with Crippen molar-refractivity contribution >= 4 is 15.9 Å². The van der Waals surface area contributed by atoms with Gasteiger partial charge in [-0.3, -0.25) is 0 Å². The fourth-order valence-corrected chi connectivity index (χ4v) is 1.84. The molecule has 0 aliphatic rings. The maximum atomic E-state index is 5.73. The SMILES string of the molecule is CC(C)(CBr)COCc1cccc(Oc2ccccc2)n1. The van der Waals surface area contributed by atoms with Gasteiger partial charge in [-0.1, -0.05) is 54.0 Å². The molecule has 0 bridgehead atoms. The summed E-state index contributed by atoms with van der Waals surface area (Å²) in [5.41, 5.74) is 0.992. The van der Waals surface area contributed by atoms with E-state index in [1.165, 1.54) is 0 Å². The topological polar surface area (TPSA) is 31.4 Å². The first-order valence-corrected chi connectivity index (χ1v) is 8.04. The van der Waals surface area contributed by atoms with Gasteiger partial charge in [0.2, 0.25) is 5.88 Å². The molecule has 1 aromatic heterocycles. The van der Waals surface area contributed by atoms with Gasteiger partial charge in [-0.15, -0.1) is 0 Å². The van der Waals surface area contributed by atoms with Crippen LogP contribution in [-0.2, 0) is 11.3 Å². The number of rotatable bonds is 7. The minimum Gasteiger partial charge on any atom is -0.439 e. The third-order valence-electron chi connectivity index (χ3n) is 2.85. The van der Waals surface area contributed by atoms with Crippen LogP contribution in [0.25, 0.3) is 0 Å². The summed E-state index contributed by atoms with van der Waals surface area (Å²) >= 11 is 3.49. The Balaban J connectivity index is 1.92. The van der Waals surface area contributed by atoms with E-state index in [1.54, 1.807) is 0 Å². The summed E-state index contributed by atoms with van der Waals surface area (Å²) in [4.78, 5) is 4.45. The van der Waals surface area contributed by atoms with E-state index >= 15 is 0 Å². The van der Waals surface area contributed by atoms with Gasteiger partial charge < -0.3 is 9.47 Å². The van der Waals surface area contributed by atoms with Crippen LogP contribution in [0.4, 0.5) is 0 Å². The molecule has 0 aliphatic heterocycles. The molecule has 2 aromatic rings. The standard InChI is InChI=1S/C17H20BrNO2/c1-17(2,12-18)13-20-11-14-7-6-10-16(19-14)21-15-8-4-3-5-9-15/h3-10H,11-13H2,1-2H3. The average Bonchev–Trinajstić information content (AvgIpc) is 2.48. The van der Waals surface area contributed by atoms with Crippen LogP contribution >= 0.6 is 15.9 Å². The van der Waals surface area contributed by atoms with E-state index in [-0.39, 0.29) is 5.41 Å². The molecule has 4 heteroatoms. The minimum atomic E-state index is 0.123. The summed E-state index contributed by atoms with van der Waals surface area (Å²) in [5, 5.41) is 0.907. The van der Waals surface area contributed by atoms with Gasteiger partial charge in [-0.2, -0.15) is 0 Å². The molecule has 0 atom stereocenters. The number of benzene rings is 1. The first kappa shape index (κ1) is 16.0. The van der Waals surface area contributed by atoms with Crippen molar-refractivity contribution in [2.24, 2.45) is 5.41 Å². The van der Waals surface area contributed by atoms with Gasteiger partial charge in [0.25, 0.3) is 0 Å². The van der Waals surface area contributed by atoms with Crippen LogP contribution in [0.15, 0.2) is 48.5 Å². The highest BCUT2D eigenvalue weighted by molar-refractivity contribution is 9.09. The Morgan fingerprint density at radius 2 is 1.81 bits per heavy atom. The van der Waals surface area contributed by atoms with E-state index in [4.69, 9.17) is 9.47 Å². The molecule has 0 N–H and O–H groups in total. The molecule has 1 heterocycles. The molecule has 0 saturated carbocycles. The number of alkyl halides is 1. The summed E-state index contributed by atoms with van der Waals surface area (Å²) in [6.45, 7) is 5.49. The van der Waals surface area contributed by atoms with Gasteiger partial charge >= 0.3 is 0 Å². The van der Waals surface area contributed by atoms with Crippen molar-refractivity contribution in [2.75, 3.05) is 11.9 Å². The van der Waals surface area contributed by atoms with Gasteiger partial charge in [0.15, 0.2) is 0 Å². The lowest BCUT2D eigenvalue weighted by atomic mass is 9.99. The largest absolute Gasteiger partial charge is 0.439 e. The number of aromatic nitrogens is 1. The van der Waals surface area contributed by atoms with Crippen molar-refractivity contribution in [1.82, 2.24) is 4.98 Å². The Morgan fingerprint density at radius 3 is 2.52 bits per heavy atom. The quantitative estimate of drug-likeness (QED) is 0.672. The lowest BCUT2D eigenvalue weighted by Crippen LogP contribution is -2.20. The first-order valence-electron chi connectivity index (χ1n) is 6.92. The van der Waals surface area contributed by atoms with Crippen LogP contribution in [-0.4, -0.2) is 16.9 Å². The molecule has 0 amide bonds. The monoisotopic (exact) mass is 349 g/mol. The molecule has 0 radical (unpaired) electrons. The molecule has 0 spiro atoms. The van der Waals surface area contributed by atoms with E-state index in [2.05, 4.69) is 34.8 Å². The van der Waals surface area contributed by atoms with Crippen molar-refractivity contribution in [2.45, 2.75) is 20.5 Å². The Hall–Kier alpha value is -1.39. The van der Waals surface area contributed by atoms with Gasteiger partial charge in [-0.05, 0) is 23.6 Å². The molecule has 3 nitrogen and oxygen atoms in total. The van der Waals surface area contributed by atoms with Crippen molar-refractivity contribution in [3.63, 3.8) is 0 Å². The maximum absolute atomic E-state index is 5.73. The second-order valence-electron chi connectivity index (χ2n) is 5.67. The van der Waals surface area contributed by atoms with Crippen molar-refractivity contribution in [3.8, 4) is 11.6 Å². The van der Waals surface area contributed by atoms with Crippen molar-refractivity contribution in [1.29, 1.82) is 0 Å². The normalized spacial score (nSPS) is 11.4. The number of ether oxygens (including phenoxy) is 2. The van der Waals surface area contributed by atoms with Crippen LogP contribution in [0.5, 0.6) is 11.6 Å². The second kappa shape index (κ2) is 7.57. The van der Waals surface area contributed by atoms with Gasteiger partial charge in [-0.25, -0.2) is 4.98 Å². The highest BCUT2D eigenvalue weighted by Crippen LogP contribution is 2.21. The maximum Gasteiger partial charge on any atom is 0.219 e. The van der Waals surface area contributed by atoms with Crippen molar-refractivity contribution in [3.05, 3.63) is 54.2 Å². The molecule has 0 unspecified atom stereocenters. The molecule has 21 heavy (non-hydrogen) atoms. The van der Waals surface area contributed by atoms with E-state index in [0.717, 1.165) is 16.8 Å². The molecular formula is C17H20BrNO2. The molecule has 112 valence electrons. The number of hydrogen-bond acceptors (Lipinski definition) is 3. The second-order valence-corrected chi connectivity index (χ2v) is 6.23. The zero-order valence-corrected chi connectivity index (χ0v) is 14.0. The van der Waals surface area contributed by atoms with E-state index in [9.17, 15) is 0 Å². The molecule has 0 aliphatic carbocycles. The summed E-state index contributed by atoms with van der Waals surface area (Å²) < 4.78 is 11.4. The number of para-hydroxylation sites is 1. The Bertz CT molecular complexity index is 558. The number of pyridine rings is 1. The summed E-state index contributed by atoms with van der Waals surface area (Å²) in [7, 11) is 0. The molecule has 2 rings (SSSR count). The first-order chi connectivity index (χ1) is 10.1. The highest BCUT2D eigenvalue weighted by Gasteiger charge is 2.16. The number of hydrogen-bond donors (Lipinski definition) is 0. The fourth-order valence-electron chi connectivity index (χ4n) is 1.67. The average molecular weight is 350 g/mol. The van der Waals surface area contributed by atoms with Crippen LogP contribution in [0.3, 0.4) is 0 Å². The third-order valence-corrected chi connectivity index (χ3v) is 4.37. The van der Waals surface area contributed by atoms with Gasteiger partial charge in [0, 0.05) is 11.4 Å². The summed E-state index contributed by atoms with van der Waals surface area (Å²) in [6, 6.07) is 15.4. The Kier molecular flexibility index (Phi) is 5.76. The smallest absolute Gasteiger partial charge is 0.219 e. The molecule has 1 aromatic carbocycles. The lowest BCUT2D eigenvalue weighted by Gasteiger charge is -2.21. The van der Waals surface area contributed by atoms with E-state index in [0.29, 0.717) is 19.1 Å². The summed E-state index contributed by atoms with van der Waals surface area (Å²) in [5.74, 6) is 1.37. The molecule has 0 saturated heterocycles. The van der Waals surface area contributed by atoms with Crippen LogP contribution in [0.2, 0.25) is 0 Å². The zero-order valence-electron chi connectivity index (χ0n) is 12.4. The van der Waals surface area contributed by atoms with Crippen molar-refractivity contribution < 1.29 is 9.47 Å². The highest BCUT2D eigenvalue weighted by atomic mass is 79.9. The predicted octanol–water partition coefficient (Wildman–Crippen LogP) is 4.81. The minimum absolute atomic E-state index is 0.123. The summed E-state index contributed by atoms with van der Waals surface area (Å²) in [6.07, 6.45) is 0. The van der Waals surface area contributed by atoms with Gasteiger partial charge in [0.1, 0.15) is 5.75 Å². The van der Waals surface area contributed by atoms with E-state index in [1.807, 2.05) is 48.5 Å². The van der Waals surface area contributed by atoms with Gasteiger partial charge in [0.05, 0.1) is 18.9 Å². The Morgan fingerprint density at radius 1 is 1.05 bits per heavy atom. The van der Waals surface area contributed by atoms with Crippen LogP contribution in [0, 0.1) is 5.41 Å². The van der Waals surface area contributed by atoms with Crippen LogP contribution < -0.4 is 4.74 Å². The third kappa shape index (κ3) is 5.48. The number of nitrogens with zero attached hydrogens (tertiary/aromatic N) is 1. The van der Waals surface area contributed by atoms with Crippen LogP contribution in [0.1, 0.15) is 19.5 Å². The fraction of sp³-hybridized carbons (Fsp3) is 0.353.